The quantitative estimate of drug-likeness (QED) is 0.889. The number of aromatic nitrogens is 2. The first-order valence-electron chi connectivity index (χ1n) is 6.55. The van der Waals surface area contributed by atoms with Crippen molar-refractivity contribution in [1.29, 1.82) is 0 Å². The maximum absolute atomic E-state index is 12.3. The molecular weight excluding hydrogens is 270 g/mol. The van der Waals surface area contributed by atoms with Crippen LogP contribution < -0.4 is 5.32 Å². The van der Waals surface area contributed by atoms with Gasteiger partial charge in [-0.1, -0.05) is 30.3 Å². The van der Waals surface area contributed by atoms with E-state index in [0.717, 1.165) is 11.3 Å². The van der Waals surface area contributed by atoms with Gasteiger partial charge >= 0.3 is 0 Å². The van der Waals surface area contributed by atoms with Gasteiger partial charge in [0.15, 0.2) is 0 Å². The van der Waals surface area contributed by atoms with Gasteiger partial charge in [-0.05, 0) is 24.8 Å². The Morgan fingerprint density at radius 2 is 2.10 bits per heavy atom. The summed E-state index contributed by atoms with van der Waals surface area (Å²) in [5.41, 5.74) is 1.13. The monoisotopic (exact) mass is 289 g/mol. The summed E-state index contributed by atoms with van der Waals surface area (Å²) < 4.78 is 1.66. The molecule has 2 rings (SSSR count). The zero-order valence-corrected chi connectivity index (χ0v) is 12.5. The molecule has 2 atom stereocenters. The van der Waals surface area contributed by atoms with Crippen LogP contribution in [0.5, 0.6) is 0 Å². The molecule has 0 saturated carbocycles. The van der Waals surface area contributed by atoms with Crippen LogP contribution in [-0.4, -0.2) is 27.7 Å². The zero-order valence-electron chi connectivity index (χ0n) is 11.7. The van der Waals surface area contributed by atoms with Crippen LogP contribution in [0.1, 0.15) is 24.6 Å². The minimum atomic E-state index is -0.307. The largest absolute Gasteiger partial charge is 0.347 e. The summed E-state index contributed by atoms with van der Waals surface area (Å²) in [6.07, 6.45) is 5.52. The molecule has 2 aromatic rings. The van der Waals surface area contributed by atoms with Gasteiger partial charge < -0.3 is 5.32 Å². The normalized spacial score (nSPS) is 13.7. The smallest absolute Gasteiger partial charge is 0.245 e. The van der Waals surface area contributed by atoms with Crippen molar-refractivity contribution in [2.45, 2.75) is 19.0 Å². The van der Waals surface area contributed by atoms with Gasteiger partial charge in [0.25, 0.3) is 0 Å². The van der Waals surface area contributed by atoms with Crippen LogP contribution in [0.3, 0.4) is 0 Å². The zero-order chi connectivity index (χ0) is 14.4. The minimum Gasteiger partial charge on any atom is -0.347 e. The third kappa shape index (κ3) is 3.63. The fraction of sp³-hybridized carbons (Fsp3) is 0.333. The van der Waals surface area contributed by atoms with Crippen LogP contribution >= 0.6 is 11.8 Å². The number of rotatable bonds is 6. The summed E-state index contributed by atoms with van der Waals surface area (Å²) in [5, 5.41) is 7.22. The maximum Gasteiger partial charge on any atom is 0.245 e. The fourth-order valence-corrected chi connectivity index (χ4v) is 2.60. The fourth-order valence-electron chi connectivity index (χ4n) is 2.00. The van der Waals surface area contributed by atoms with Gasteiger partial charge in [-0.15, -0.1) is 0 Å². The highest BCUT2D eigenvalue weighted by Gasteiger charge is 2.19. The van der Waals surface area contributed by atoms with Crippen molar-refractivity contribution in [3.63, 3.8) is 0 Å². The summed E-state index contributed by atoms with van der Waals surface area (Å²) in [6.45, 7) is 1.85. The van der Waals surface area contributed by atoms with Crippen molar-refractivity contribution < 1.29 is 4.79 Å². The predicted octanol–water partition coefficient (Wildman–Crippen LogP) is 2.66. The number of nitrogens with zero attached hydrogens (tertiary/aromatic N) is 2. The Morgan fingerprint density at radius 1 is 1.35 bits per heavy atom. The Balaban J connectivity index is 2.06. The summed E-state index contributed by atoms with van der Waals surface area (Å²) >= 11 is 1.72. The lowest BCUT2D eigenvalue weighted by atomic mass is 10.1. The summed E-state index contributed by atoms with van der Waals surface area (Å²) in [7, 11) is 0. The van der Waals surface area contributed by atoms with Crippen molar-refractivity contribution in [2.24, 2.45) is 0 Å². The topological polar surface area (TPSA) is 46.9 Å². The number of carbonyl (C=O) groups is 1. The van der Waals surface area contributed by atoms with Crippen molar-refractivity contribution in [2.75, 3.05) is 12.0 Å². The molecule has 0 spiro atoms. The van der Waals surface area contributed by atoms with E-state index < -0.39 is 0 Å². The van der Waals surface area contributed by atoms with Crippen LogP contribution in [0.4, 0.5) is 0 Å². The first-order chi connectivity index (χ1) is 9.72. The summed E-state index contributed by atoms with van der Waals surface area (Å²) in [6, 6.07) is 11.6. The number of hydrogen-bond donors (Lipinski definition) is 1. The highest BCUT2D eigenvalue weighted by molar-refractivity contribution is 7.98. The molecular formula is C15H19N3OS. The van der Waals surface area contributed by atoms with Crippen molar-refractivity contribution in [3.05, 3.63) is 54.4 Å². The van der Waals surface area contributed by atoms with Crippen LogP contribution in [0.15, 0.2) is 48.8 Å². The third-order valence-electron chi connectivity index (χ3n) is 3.15. The maximum atomic E-state index is 12.3. The Kier molecular flexibility index (Phi) is 5.24. The highest BCUT2D eigenvalue weighted by atomic mass is 32.2. The van der Waals surface area contributed by atoms with Crippen molar-refractivity contribution >= 4 is 17.7 Å². The standard InChI is InChI=1S/C15H19N3OS/c1-12(18-10-6-9-16-18)15(19)17-14(11-20-2)13-7-4-3-5-8-13/h3-10,12,14H,11H2,1-2H3,(H,17,19)/t12-,14+/m0/s1. The molecule has 106 valence electrons. The second kappa shape index (κ2) is 7.14. The first-order valence-corrected chi connectivity index (χ1v) is 7.95. The molecule has 1 aromatic heterocycles. The molecule has 0 fully saturated rings. The van der Waals surface area contributed by atoms with E-state index in [1.54, 1.807) is 28.8 Å². The SMILES string of the molecule is CSC[C@@H](NC(=O)[C@H](C)n1cccn1)c1ccccc1. The molecule has 0 radical (unpaired) electrons. The average molecular weight is 289 g/mol. The summed E-state index contributed by atoms with van der Waals surface area (Å²) in [4.78, 5) is 12.3. The first kappa shape index (κ1) is 14.7. The number of nitrogens with one attached hydrogen (secondary N) is 1. The van der Waals surface area contributed by atoms with E-state index in [0.29, 0.717) is 0 Å². The Bertz CT molecular complexity index is 527. The second-order valence-corrected chi connectivity index (χ2v) is 5.50. The molecule has 0 aliphatic rings. The Morgan fingerprint density at radius 3 is 2.70 bits per heavy atom. The van der Waals surface area contributed by atoms with E-state index in [9.17, 15) is 4.79 Å². The molecule has 1 amide bonds. The second-order valence-electron chi connectivity index (χ2n) is 4.59. The molecule has 0 aliphatic heterocycles. The molecule has 1 heterocycles. The number of carbonyl (C=O) groups excluding carboxylic acids is 1. The molecule has 0 unspecified atom stereocenters. The lowest BCUT2D eigenvalue weighted by Gasteiger charge is -2.21. The molecule has 4 nitrogen and oxygen atoms in total. The Hall–Kier alpha value is -1.75. The van der Waals surface area contributed by atoms with E-state index in [-0.39, 0.29) is 18.0 Å². The van der Waals surface area contributed by atoms with Gasteiger partial charge in [0.05, 0.1) is 6.04 Å². The summed E-state index contributed by atoms with van der Waals surface area (Å²) in [5.74, 6) is 0.832. The average Bonchev–Trinajstić information content (AvgIpc) is 3.01. The number of hydrogen-bond acceptors (Lipinski definition) is 3. The van der Waals surface area contributed by atoms with E-state index in [4.69, 9.17) is 0 Å². The van der Waals surface area contributed by atoms with Crippen LogP contribution in [0, 0.1) is 0 Å². The number of benzene rings is 1. The molecule has 5 heteroatoms. The van der Waals surface area contributed by atoms with Crippen LogP contribution in [0.2, 0.25) is 0 Å². The van der Waals surface area contributed by atoms with E-state index in [1.807, 2.05) is 49.6 Å². The highest BCUT2D eigenvalue weighted by Crippen LogP contribution is 2.18. The van der Waals surface area contributed by atoms with Gasteiger partial charge in [-0.3, -0.25) is 9.48 Å². The molecule has 1 N–H and O–H groups in total. The van der Waals surface area contributed by atoms with E-state index in [2.05, 4.69) is 10.4 Å². The van der Waals surface area contributed by atoms with Crippen molar-refractivity contribution in [1.82, 2.24) is 15.1 Å². The lowest BCUT2D eigenvalue weighted by molar-refractivity contribution is -0.124. The van der Waals surface area contributed by atoms with E-state index in [1.165, 1.54) is 0 Å². The van der Waals surface area contributed by atoms with E-state index >= 15 is 0 Å². The molecule has 0 bridgehead atoms. The Labute approximate surface area is 123 Å². The van der Waals surface area contributed by atoms with Gasteiger partial charge in [0.2, 0.25) is 5.91 Å². The molecule has 20 heavy (non-hydrogen) atoms. The number of thioether (sulfide) groups is 1. The third-order valence-corrected chi connectivity index (χ3v) is 3.82. The van der Waals surface area contributed by atoms with Gasteiger partial charge in [-0.2, -0.15) is 16.9 Å². The van der Waals surface area contributed by atoms with Crippen LogP contribution in [-0.2, 0) is 4.79 Å². The molecule has 0 saturated heterocycles. The van der Waals surface area contributed by atoms with Gasteiger partial charge in [-0.25, -0.2) is 0 Å². The minimum absolute atomic E-state index is 0.0170. The molecule has 0 aliphatic carbocycles. The predicted molar refractivity (Wildman–Crippen MR) is 82.6 cm³/mol. The van der Waals surface area contributed by atoms with Gasteiger partial charge in [0.1, 0.15) is 6.04 Å². The van der Waals surface area contributed by atoms with Gasteiger partial charge in [0, 0.05) is 18.1 Å². The number of amides is 1. The molecule has 1 aromatic carbocycles. The van der Waals surface area contributed by atoms with Crippen molar-refractivity contribution in [3.8, 4) is 0 Å². The van der Waals surface area contributed by atoms with Crippen LogP contribution in [0.25, 0.3) is 0 Å². The lowest BCUT2D eigenvalue weighted by Crippen LogP contribution is -2.35.